The van der Waals surface area contributed by atoms with Crippen molar-refractivity contribution in [3.05, 3.63) is 63.5 Å². The van der Waals surface area contributed by atoms with E-state index in [1.54, 1.807) is 25.1 Å². The van der Waals surface area contributed by atoms with Crippen LogP contribution < -0.4 is 4.74 Å². The van der Waals surface area contributed by atoms with Gasteiger partial charge >= 0.3 is 5.69 Å². The van der Waals surface area contributed by atoms with Crippen molar-refractivity contribution in [2.45, 2.75) is 6.92 Å². The molecule has 5 nitrogen and oxygen atoms in total. The van der Waals surface area contributed by atoms with Crippen LogP contribution in [0.1, 0.15) is 15.9 Å². The molecule has 0 fully saturated rings. The fraction of sp³-hybridized carbons (Fsp3) is 0.0714. The lowest BCUT2D eigenvalue weighted by atomic mass is 10.1. The van der Waals surface area contributed by atoms with E-state index in [0.717, 1.165) is 24.0 Å². The minimum absolute atomic E-state index is 0.145. The van der Waals surface area contributed by atoms with Crippen molar-refractivity contribution < 1.29 is 18.8 Å². The van der Waals surface area contributed by atoms with E-state index in [4.69, 9.17) is 4.74 Å². The van der Waals surface area contributed by atoms with Crippen LogP contribution in [0.4, 0.5) is 10.1 Å². The second kappa shape index (κ2) is 5.48. The molecule has 0 unspecified atom stereocenters. The van der Waals surface area contributed by atoms with E-state index in [-0.39, 0.29) is 5.75 Å². The van der Waals surface area contributed by atoms with Crippen LogP contribution in [0.5, 0.6) is 11.5 Å². The highest BCUT2D eigenvalue weighted by atomic mass is 19.1. The van der Waals surface area contributed by atoms with E-state index in [2.05, 4.69) is 0 Å². The van der Waals surface area contributed by atoms with Crippen molar-refractivity contribution in [3.8, 4) is 11.5 Å². The zero-order valence-electron chi connectivity index (χ0n) is 10.5. The summed E-state index contributed by atoms with van der Waals surface area (Å²) in [6.45, 7) is 1.74. The van der Waals surface area contributed by atoms with Gasteiger partial charge in [0.15, 0.2) is 0 Å². The molecule has 0 aliphatic heterocycles. The van der Waals surface area contributed by atoms with Crippen molar-refractivity contribution in [2.24, 2.45) is 0 Å². The van der Waals surface area contributed by atoms with E-state index in [1.807, 2.05) is 0 Å². The molecule has 0 spiro atoms. The highest BCUT2D eigenvalue weighted by molar-refractivity contribution is 5.77. The first-order chi connectivity index (χ1) is 9.51. The Morgan fingerprint density at radius 2 is 1.85 bits per heavy atom. The summed E-state index contributed by atoms with van der Waals surface area (Å²) in [6.07, 6.45) is 0.727. The van der Waals surface area contributed by atoms with Crippen LogP contribution in [0.3, 0.4) is 0 Å². The molecular formula is C14H10FNO4. The van der Waals surface area contributed by atoms with Gasteiger partial charge in [-0.2, -0.15) is 4.39 Å². The number of nitro benzene ring substituents is 1. The molecule has 20 heavy (non-hydrogen) atoms. The maximum absolute atomic E-state index is 13.4. The number of rotatable bonds is 4. The first-order valence-electron chi connectivity index (χ1n) is 5.69. The molecular weight excluding hydrogens is 265 g/mol. The van der Waals surface area contributed by atoms with Crippen LogP contribution in [0.25, 0.3) is 0 Å². The third-order valence-electron chi connectivity index (χ3n) is 2.72. The average molecular weight is 275 g/mol. The Balaban J connectivity index is 2.26. The normalized spacial score (nSPS) is 10.1. The predicted octanol–water partition coefficient (Wildman–Crippen LogP) is 3.65. The molecule has 0 bridgehead atoms. The number of aryl methyl sites for hydroxylation is 1. The fourth-order valence-electron chi connectivity index (χ4n) is 1.68. The number of aldehydes is 1. The van der Waals surface area contributed by atoms with Crippen molar-refractivity contribution in [3.63, 3.8) is 0 Å². The van der Waals surface area contributed by atoms with E-state index in [1.165, 1.54) is 6.07 Å². The molecule has 0 radical (unpaired) electrons. The Morgan fingerprint density at radius 1 is 1.20 bits per heavy atom. The Hall–Kier alpha value is -2.76. The number of hydrogen-bond acceptors (Lipinski definition) is 4. The molecule has 0 saturated heterocycles. The lowest BCUT2D eigenvalue weighted by Crippen LogP contribution is -1.94. The monoisotopic (exact) mass is 275 g/mol. The zero-order chi connectivity index (χ0) is 14.7. The number of carbonyl (C=O) groups is 1. The highest BCUT2D eigenvalue weighted by Gasteiger charge is 2.14. The minimum Gasteiger partial charge on any atom is -0.457 e. The molecule has 102 valence electrons. The van der Waals surface area contributed by atoms with Crippen LogP contribution in [0.15, 0.2) is 36.4 Å². The summed E-state index contributed by atoms with van der Waals surface area (Å²) in [5.41, 5.74) is 0.650. The van der Waals surface area contributed by atoms with Gasteiger partial charge in [-0.25, -0.2) is 0 Å². The molecule has 0 aliphatic carbocycles. The van der Waals surface area contributed by atoms with E-state index in [9.17, 15) is 19.3 Å². The first kappa shape index (κ1) is 13.7. The Bertz CT molecular complexity index is 685. The smallest absolute Gasteiger partial charge is 0.305 e. The molecule has 0 amide bonds. The van der Waals surface area contributed by atoms with Gasteiger partial charge in [0, 0.05) is 17.7 Å². The maximum Gasteiger partial charge on any atom is 0.305 e. The van der Waals surface area contributed by atoms with Crippen LogP contribution in [-0.4, -0.2) is 11.2 Å². The maximum atomic E-state index is 13.4. The number of ether oxygens (including phenoxy) is 1. The summed E-state index contributed by atoms with van der Waals surface area (Å²) in [6, 6.07) is 8.07. The third kappa shape index (κ3) is 2.80. The molecule has 0 saturated carbocycles. The highest BCUT2D eigenvalue weighted by Crippen LogP contribution is 2.27. The van der Waals surface area contributed by atoms with Crippen LogP contribution in [0, 0.1) is 22.9 Å². The summed E-state index contributed by atoms with van der Waals surface area (Å²) in [7, 11) is 0. The second-order valence-corrected chi connectivity index (χ2v) is 4.11. The Labute approximate surface area is 113 Å². The molecule has 2 rings (SSSR count). The zero-order valence-corrected chi connectivity index (χ0v) is 10.5. The summed E-state index contributed by atoms with van der Waals surface area (Å²) >= 11 is 0. The van der Waals surface area contributed by atoms with Gasteiger partial charge in [-0.1, -0.05) is 0 Å². The summed E-state index contributed by atoms with van der Waals surface area (Å²) in [4.78, 5) is 20.4. The minimum atomic E-state index is -0.964. The van der Waals surface area contributed by atoms with Gasteiger partial charge in [0.05, 0.1) is 4.92 Å². The summed E-state index contributed by atoms with van der Waals surface area (Å²) < 4.78 is 18.8. The van der Waals surface area contributed by atoms with Crippen LogP contribution in [-0.2, 0) is 0 Å². The van der Waals surface area contributed by atoms with Crippen molar-refractivity contribution in [1.82, 2.24) is 0 Å². The lowest BCUT2D eigenvalue weighted by molar-refractivity contribution is -0.387. The van der Waals surface area contributed by atoms with Gasteiger partial charge in [-0.3, -0.25) is 14.9 Å². The standard InChI is InChI=1S/C14H10FNO4/c1-9-6-11(3-2-10(9)8-17)20-12-4-5-14(16(18)19)13(15)7-12/h2-8H,1H3. The van der Waals surface area contributed by atoms with Gasteiger partial charge in [-0.15, -0.1) is 0 Å². The van der Waals surface area contributed by atoms with E-state index >= 15 is 0 Å². The van der Waals surface area contributed by atoms with E-state index in [0.29, 0.717) is 11.3 Å². The molecule has 0 aliphatic rings. The van der Waals surface area contributed by atoms with E-state index < -0.39 is 16.4 Å². The van der Waals surface area contributed by atoms with Gasteiger partial charge in [0.1, 0.15) is 17.8 Å². The number of carbonyl (C=O) groups excluding carboxylic acids is 1. The molecule has 6 heteroatoms. The van der Waals surface area contributed by atoms with Crippen LogP contribution in [0.2, 0.25) is 0 Å². The molecule has 0 N–H and O–H groups in total. The Morgan fingerprint density at radius 3 is 2.40 bits per heavy atom. The second-order valence-electron chi connectivity index (χ2n) is 4.11. The number of nitro groups is 1. The third-order valence-corrected chi connectivity index (χ3v) is 2.72. The largest absolute Gasteiger partial charge is 0.457 e. The molecule has 2 aromatic rings. The van der Waals surface area contributed by atoms with Gasteiger partial charge < -0.3 is 4.74 Å². The van der Waals surface area contributed by atoms with Crippen molar-refractivity contribution >= 4 is 12.0 Å². The molecule has 0 heterocycles. The number of benzene rings is 2. The molecule has 2 aromatic carbocycles. The number of hydrogen-bond donors (Lipinski definition) is 0. The quantitative estimate of drug-likeness (QED) is 0.485. The lowest BCUT2D eigenvalue weighted by Gasteiger charge is -2.07. The average Bonchev–Trinajstić information content (AvgIpc) is 2.38. The van der Waals surface area contributed by atoms with Gasteiger partial charge in [0.2, 0.25) is 5.82 Å². The van der Waals surface area contributed by atoms with Crippen molar-refractivity contribution in [1.29, 1.82) is 0 Å². The first-order valence-corrected chi connectivity index (χ1v) is 5.69. The summed E-state index contributed by atoms with van der Waals surface area (Å²) in [5.74, 6) is -0.401. The molecule has 0 aromatic heterocycles. The number of nitrogens with zero attached hydrogens (tertiary/aromatic N) is 1. The Kier molecular flexibility index (Phi) is 3.74. The van der Waals surface area contributed by atoms with Crippen LogP contribution >= 0.6 is 0 Å². The predicted molar refractivity (Wildman–Crippen MR) is 69.7 cm³/mol. The van der Waals surface area contributed by atoms with Gasteiger partial charge in [0.25, 0.3) is 0 Å². The number of halogens is 1. The van der Waals surface area contributed by atoms with Gasteiger partial charge in [-0.05, 0) is 36.8 Å². The SMILES string of the molecule is Cc1cc(Oc2ccc([N+](=O)[O-])c(F)c2)ccc1C=O. The fourth-order valence-corrected chi connectivity index (χ4v) is 1.68. The topological polar surface area (TPSA) is 69.4 Å². The summed E-state index contributed by atoms with van der Waals surface area (Å²) in [5, 5.41) is 10.5. The molecule has 0 atom stereocenters. The van der Waals surface area contributed by atoms with Crippen molar-refractivity contribution in [2.75, 3.05) is 0 Å².